The van der Waals surface area contributed by atoms with E-state index >= 15 is 0 Å². The van der Waals surface area contributed by atoms with E-state index in [0.29, 0.717) is 5.95 Å². The zero-order valence-electron chi connectivity index (χ0n) is 9.88. The Labute approximate surface area is 98.9 Å². The quantitative estimate of drug-likeness (QED) is 0.706. The molecule has 0 radical (unpaired) electrons. The van der Waals surface area contributed by atoms with Crippen molar-refractivity contribution in [3.63, 3.8) is 0 Å². The Balaban J connectivity index is 2.31. The second kappa shape index (κ2) is 4.31. The van der Waals surface area contributed by atoms with Crippen LogP contribution < -0.4 is 5.32 Å². The molecular formula is C11H16N4O2. The molecule has 0 aromatic carbocycles. The molecule has 3 N–H and O–H groups in total. The van der Waals surface area contributed by atoms with Crippen LogP contribution in [0.4, 0.5) is 5.95 Å². The number of nitrogens with one attached hydrogen (secondary N) is 1. The van der Waals surface area contributed by atoms with Gasteiger partial charge in [0.05, 0.1) is 18.8 Å². The van der Waals surface area contributed by atoms with Crippen LogP contribution in [-0.2, 0) is 0 Å². The molecule has 0 saturated carbocycles. The van der Waals surface area contributed by atoms with Crippen LogP contribution in [-0.4, -0.2) is 43.6 Å². The molecule has 2 rings (SSSR count). The van der Waals surface area contributed by atoms with Gasteiger partial charge in [-0.25, -0.2) is 4.52 Å². The fraction of sp³-hybridized carbons (Fsp3) is 0.455. The molecule has 17 heavy (non-hydrogen) atoms. The number of hydrogen-bond donors (Lipinski definition) is 3. The minimum absolute atomic E-state index is 0.196. The molecule has 0 atom stereocenters. The van der Waals surface area contributed by atoms with E-state index in [2.05, 4.69) is 15.4 Å². The maximum absolute atomic E-state index is 9.18. The zero-order valence-corrected chi connectivity index (χ0v) is 9.88. The van der Waals surface area contributed by atoms with Gasteiger partial charge in [0.15, 0.2) is 5.65 Å². The van der Waals surface area contributed by atoms with Gasteiger partial charge in [0.2, 0.25) is 5.95 Å². The highest BCUT2D eigenvalue weighted by Gasteiger charge is 2.23. The van der Waals surface area contributed by atoms with Crippen molar-refractivity contribution in [2.45, 2.75) is 19.4 Å². The number of anilines is 1. The summed E-state index contributed by atoms with van der Waals surface area (Å²) in [5.74, 6) is 0.390. The third kappa shape index (κ3) is 2.37. The molecule has 0 saturated heterocycles. The highest BCUT2D eigenvalue weighted by atomic mass is 16.3. The first-order valence-electron chi connectivity index (χ1n) is 5.39. The van der Waals surface area contributed by atoms with E-state index in [1.54, 1.807) is 11.4 Å². The molecule has 2 aromatic heterocycles. The van der Waals surface area contributed by atoms with E-state index < -0.39 is 5.54 Å². The topological polar surface area (TPSA) is 82.7 Å². The van der Waals surface area contributed by atoms with E-state index in [4.69, 9.17) is 0 Å². The molecule has 2 aromatic rings. The van der Waals surface area contributed by atoms with Crippen LogP contribution in [0.25, 0.3) is 5.65 Å². The second-order valence-electron chi connectivity index (χ2n) is 4.45. The average molecular weight is 236 g/mol. The van der Waals surface area contributed by atoms with Gasteiger partial charge in [-0.2, -0.15) is 4.98 Å². The summed E-state index contributed by atoms with van der Waals surface area (Å²) in [6.45, 7) is 3.28. The third-order valence-electron chi connectivity index (χ3n) is 2.59. The number of pyridine rings is 1. The van der Waals surface area contributed by atoms with E-state index in [0.717, 1.165) is 11.2 Å². The molecule has 92 valence electrons. The Bertz CT molecular complexity index is 519. The summed E-state index contributed by atoms with van der Waals surface area (Å²) in [5.41, 5.74) is 0.984. The van der Waals surface area contributed by atoms with Crippen LogP contribution in [0.5, 0.6) is 0 Å². The summed E-state index contributed by atoms with van der Waals surface area (Å²) in [4.78, 5) is 4.25. The summed E-state index contributed by atoms with van der Waals surface area (Å²) in [5, 5.41) is 25.5. The van der Waals surface area contributed by atoms with Crippen LogP contribution in [0.1, 0.15) is 12.5 Å². The van der Waals surface area contributed by atoms with E-state index in [1.165, 1.54) is 0 Å². The summed E-state index contributed by atoms with van der Waals surface area (Å²) < 4.78 is 1.66. The van der Waals surface area contributed by atoms with Crippen molar-refractivity contribution in [3.05, 3.63) is 23.9 Å². The molecule has 0 aliphatic carbocycles. The first-order chi connectivity index (χ1) is 8.06. The molecule has 0 unspecified atom stereocenters. The Kier molecular flexibility index (Phi) is 2.99. The number of hydrogen-bond acceptors (Lipinski definition) is 5. The van der Waals surface area contributed by atoms with Gasteiger partial charge < -0.3 is 15.5 Å². The van der Waals surface area contributed by atoms with Crippen molar-refractivity contribution in [3.8, 4) is 0 Å². The van der Waals surface area contributed by atoms with Gasteiger partial charge >= 0.3 is 0 Å². The van der Waals surface area contributed by atoms with E-state index in [9.17, 15) is 10.2 Å². The maximum Gasteiger partial charge on any atom is 0.243 e. The average Bonchev–Trinajstić information content (AvgIpc) is 2.70. The summed E-state index contributed by atoms with van der Waals surface area (Å²) in [6, 6.07) is 3.81. The standard InChI is InChI=1S/C11H16N4O2/c1-8-3-4-9-12-10(14-15(9)5-8)13-11(2,6-16)7-17/h3-5,16-17H,6-7H2,1-2H3,(H,13,14). The minimum atomic E-state index is -0.819. The van der Waals surface area contributed by atoms with Gasteiger partial charge in [0, 0.05) is 6.20 Å². The summed E-state index contributed by atoms with van der Waals surface area (Å²) in [7, 11) is 0. The normalized spacial score (nSPS) is 12.0. The number of fused-ring (bicyclic) bond motifs is 1. The van der Waals surface area contributed by atoms with Crippen molar-refractivity contribution in [1.29, 1.82) is 0 Å². The van der Waals surface area contributed by atoms with Crippen molar-refractivity contribution in [1.82, 2.24) is 14.6 Å². The number of nitrogens with zero attached hydrogens (tertiary/aromatic N) is 3. The van der Waals surface area contributed by atoms with Crippen LogP contribution in [0, 0.1) is 6.92 Å². The SMILES string of the molecule is Cc1ccc2nc(NC(C)(CO)CO)nn2c1. The minimum Gasteiger partial charge on any atom is -0.394 e. The number of rotatable bonds is 4. The number of aliphatic hydroxyl groups is 2. The molecule has 2 heterocycles. The first kappa shape index (κ1) is 11.8. The predicted octanol–water partition coefficient (Wildman–Crippen LogP) is 0.193. The monoisotopic (exact) mass is 236 g/mol. The van der Waals surface area contributed by atoms with Crippen molar-refractivity contribution >= 4 is 11.6 Å². The zero-order chi connectivity index (χ0) is 12.5. The summed E-state index contributed by atoms with van der Waals surface area (Å²) >= 11 is 0. The molecular weight excluding hydrogens is 220 g/mol. The fourth-order valence-electron chi connectivity index (χ4n) is 1.44. The molecule has 0 bridgehead atoms. The van der Waals surface area contributed by atoms with Crippen LogP contribution in [0.2, 0.25) is 0 Å². The van der Waals surface area contributed by atoms with Gasteiger partial charge in [-0.05, 0) is 25.5 Å². The van der Waals surface area contributed by atoms with Crippen molar-refractivity contribution < 1.29 is 10.2 Å². The highest BCUT2D eigenvalue weighted by molar-refractivity contribution is 5.45. The molecule has 0 fully saturated rings. The van der Waals surface area contributed by atoms with E-state index in [1.807, 2.05) is 25.3 Å². The second-order valence-corrected chi connectivity index (χ2v) is 4.45. The van der Waals surface area contributed by atoms with Gasteiger partial charge in [-0.1, -0.05) is 6.07 Å². The lowest BCUT2D eigenvalue weighted by Crippen LogP contribution is -2.42. The lowest BCUT2D eigenvalue weighted by atomic mass is 10.1. The van der Waals surface area contributed by atoms with E-state index in [-0.39, 0.29) is 13.2 Å². The molecule has 0 spiro atoms. The van der Waals surface area contributed by atoms with Crippen LogP contribution >= 0.6 is 0 Å². The molecule has 6 heteroatoms. The lowest BCUT2D eigenvalue weighted by molar-refractivity contribution is 0.147. The van der Waals surface area contributed by atoms with Crippen LogP contribution in [0.15, 0.2) is 18.3 Å². The first-order valence-corrected chi connectivity index (χ1v) is 5.39. The number of aliphatic hydroxyl groups excluding tert-OH is 2. The van der Waals surface area contributed by atoms with Crippen LogP contribution in [0.3, 0.4) is 0 Å². The highest BCUT2D eigenvalue weighted by Crippen LogP contribution is 2.12. The smallest absolute Gasteiger partial charge is 0.243 e. The fourth-order valence-corrected chi connectivity index (χ4v) is 1.44. The van der Waals surface area contributed by atoms with Crippen molar-refractivity contribution in [2.24, 2.45) is 0 Å². The van der Waals surface area contributed by atoms with Crippen molar-refractivity contribution in [2.75, 3.05) is 18.5 Å². The largest absolute Gasteiger partial charge is 0.394 e. The lowest BCUT2D eigenvalue weighted by Gasteiger charge is -2.24. The van der Waals surface area contributed by atoms with Gasteiger partial charge in [0.1, 0.15) is 0 Å². The van der Waals surface area contributed by atoms with Gasteiger partial charge in [-0.15, -0.1) is 5.10 Å². The maximum atomic E-state index is 9.18. The molecule has 0 aliphatic heterocycles. The Hall–Kier alpha value is -1.66. The third-order valence-corrected chi connectivity index (χ3v) is 2.59. The summed E-state index contributed by atoms with van der Waals surface area (Å²) in [6.07, 6.45) is 1.86. The Morgan fingerprint density at radius 1 is 1.35 bits per heavy atom. The predicted molar refractivity (Wildman–Crippen MR) is 63.9 cm³/mol. The number of aryl methyl sites for hydroxylation is 1. The Morgan fingerprint density at radius 3 is 2.71 bits per heavy atom. The van der Waals surface area contributed by atoms with Gasteiger partial charge in [-0.3, -0.25) is 0 Å². The van der Waals surface area contributed by atoms with Gasteiger partial charge in [0.25, 0.3) is 0 Å². The molecule has 6 nitrogen and oxygen atoms in total. The molecule has 0 amide bonds. The molecule has 0 aliphatic rings. The Morgan fingerprint density at radius 2 is 2.06 bits per heavy atom. The number of aromatic nitrogens is 3.